The van der Waals surface area contributed by atoms with E-state index in [2.05, 4.69) is 26.2 Å². The summed E-state index contributed by atoms with van der Waals surface area (Å²) < 4.78 is 0. The van der Waals surface area contributed by atoms with Gasteiger partial charge in [-0.25, -0.2) is 0 Å². The van der Waals surface area contributed by atoms with Gasteiger partial charge in [0.25, 0.3) is 0 Å². The Morgan fingerprint density at radius 1 is 1.14 bits per heavy atom. The molecule has 1 aliphatic rings. The summed E-state index contributed by atoms with van der Waals surface area (Å²) in [5.41, 5.74) is 0. The molecule has 0 saturated heterocycles. The average molecular weight is 197 g/mol. The zero-order chi connectivity index (χ0) is 10.4. The number of nitrogens with one attached hydrogen (secondary N) is 1. The first-order valence-electron chi connectivity index (χ1n) is 6.46. The molecular formula is C13H27N. The van der Waals surface area contributed by atoms with Crippen LogP contribution in [-0.4, -0.2) is 13.6 Å². The van der Waals surface area contributed by atoms with Crippen molar-refractivity contribution in [2.24, 2.45) is 17.8 Å². The summed E-state index contributed by atoms with van der Waals surface area (Å²) in [7, 11) is 2.09. The first kappa shape index (κ1) is 12.0. The van der Waals surface area contributed by atoms with E-state index in [0.29, 0.717) is 0 Å². The van der Waals surface area contributed by atoms with E-state index in [4.69, 9.17) is 0 Å². The van der Waals surface area contributed by atoms with E-state index in [9.17, 15) is 0 Å². The summed E-state index contributed by atoms with van der Waals surface area (Å²) in [5, 5.41) is 3.36. The van der Waals surface area contributed by atoms with Crippen LogP contribution in [-0.2, 0) is 0 Å². The van der Waals surface area contributed by atoms with E-state index < -0.39 is 0 Å². The predicted octanol–water partition coefficient (Wildman–Crippen LogP) is 3.45. The third kappa shape index (κ3) is 3.27. The van der Waals surface area contributed by atoms with Crippen molar-refractivity contribution in [2.75, 3.05) is 13.6 Å². The van der Waals surface area contributed by atoms with Crippen LogP contribution in [0.15, 0.2) is 0 Å². The summed E-state index contributed by atoms with van der Waals surface area (Å²) in [6.45, 7) is 5.92. The fourth-order valence-corrected chi connectivity index (χ4v) is 3.05. The number of hydrogen-bond acceptors (Lipinski definition) is 1. The normalized spacial score (nSPS) is 33.2. The third-order valence-corrected chi connectivity index (χ3v) is 3.95. The van der Waals surface area contributed by atoms with Crippen LogP contribution in [0.25, 0.3) is 0 Å². The SMILES string of the molecule is CCCC1CC(CC)CCC1CNC. The third-order valence-electron chi connectivity index (χ3n) is 3.95. The molecule has 0 aromatic carbocycles. The first-order valence-corrected chi connectivity index (χ1v) is 6.46. The van der Waals surface area contributed by atoms with Gasteiger partial charge in [0.1, 0.15) is 0 Å². The molecular weight excluding hydrogens is 170 g/mol. The van der Waals surface area contributed by atoms with Crippen LogP contribution in [0.2, 0.25) is 0 Å². The fourth-order valence-electron chi connectivity index (χ4n) is 3.05. The van der Waals surface area contributed by atoms with Gasteiger partial charge in [0.05, 0.1) is 0 Å². The molecule has 3 unspecified atom stereocenters. The van der Waals surface area contributed by atoms with E-state index in [0.717, 1.165) is 17.8 Å². The van der Waals surface area contributed by atoms with E-state index in [1.807, 2.05) is 0 Å². The van der Waals surface area contributed by atoms with Crippen molar-refractivity contribution in [3.63, 3.8) is 0 Å². The van der Waals surface area contributed by atoms with Gasteiger partial charge in [0.15, 0.2) is 0 Å². The highest BCUT2D eigenvalue weighted by Crippen LogP contribution is 2.37. The molecule has 84 valence electrons. The van der Waals surface area contributed by atoms with Crippen LogP contribution < -0.4 is 5.32 Å². The van der Waals surface area contributed by atoms with E-state index in [-0.39, 0.29) is 0 Å². The van der Waals surface area contributed by atoms with E-state index in [1.54, 1.807) is 0 Å². The van der Waals surface area contributed by atoms with Crippen molar-refractivity contribution in [1.29, 1.82) is 0 Å². The number of rotatable bonds is 5. The molecule has 0 radical (unpaired) electrons. The van der Waals surface area contributed by atoms with Crippen LogP contribution in [0.4, 0.5) is 0 Å². The van der Waals surface area contributed by atoms with Crippen LogP contribution >= 0.6 is 0 Å². The minimum atomic E-state index is 0.961. The average Bonchev–Trinajstić information content (AvgIpc) is 2.21. The second-order valence-corrected chi connectivity index (χ2v) is 4.95. The quantitative estimate of drug-likeness (QED) is 0.712. The minimum Gasteiger partial charge on any atom is -0.319 e. The lowest BCUT2D eigenvalue weighted by molar-refractivity contribution is 0.164. The Morgan fingerprint density at radius 3 is 2.50 bits per heavy atom. The zero-order valence-electron chi connectivity index (χ0n) is 10.2. The molecule has 1 rings (SSSR count). The maximum Gasteiger partial charge on any atom is -0.00209 e. The lowest BCUT2D eigenvalue weighted by Gasteiger charge is -2.36. The van der Waals surface area contributed by atoms with Crippen LogP contribution in [0.3, 0.4) is 0 Å². The molecule has 1 fully saturated rings. The lowest BCUT2D eigenvalue weighted by Crippen LogP contribution is -2.31. The highest BCUT2D eigenvalue weighted by Gasteiger charge is 2.28. The molecule has 0 bridgehead atoms. The van der Waals surface area contributed by atoms with Gasteiger partial charge in [-0.05, 0) is 44.2 Å². The molecule has 14 heavy (non-hydrogen) atoms. The molecule has 1 saturated carbocycles. The first-order chi connectivity index (χ1) is 6.81. The molecule has 0 amide bonds. The van der Waals surface area contributed by atoms with Gasteiger partial charge in [0.2, 0.25) is 0 Å². The Labute approximate surface area is 89.7 Å². The molecule has 0 aromatic heterocycles. The molecule has 1 aliphatic carbocycles. The van der Waals surface area contributed by atoms with Gasteiger partial charge in [0, 0.05) is 0 Å². The summed E-state index contributed by atoms with van der Waals surface area (Å²) in [6, 6.07) is 0. The highest BCUT2D eigenvalue weighted by atomic mass is 14.8. The van der Waals surface area contributed by atoms with Crippen LogP contribution in [0.1, 0.15) is 52.4 Å². The molecule has 0 aliphatic heterocycles. The maximum atomic E-state index is 3.36. The molecule has 3 atom stereocenters. The molecule has 1 N–H and O–H groups in total. The van der Waals surface area contributed by atoms with Gasteiger partial charge in [-0.15, -0.1) is 0 Å². The summed E-state index contributed by atoms with van der Waals surface area (Å²) in [6.07, 6.45) is 8.64. The largest absolute Gasteiger partial charge is 0.319 e. The molecule has 0 heterocycles. The summed E-state index contributed by atoms with van der Waals surface area (Å²) in [5.74, 6) is 2.99. The monoisotopic (exact) mass is 197 g/mol. The summed E-state index contributed by atoms with van der Waals surface area (Å²) in [4.78, 5) is 0. The topological polar surface area (TPSA) is 12.0 Å². The number of hydrogen-bond donors (Lipinski definition) is 1. The Morgan fingerprint density at radius 2 is 1.93 bits per heavy atom. The molecule has 1 heteroatoms. The molecule has 1 nitrogen and oxygen atoms in total. The van der Waals surface area contributed by atoms with Crippen molar-refractivity contribution in [3.05, 3.63) is 0 Å². The second kappa shape index (κ2) is 6.44. The van der Waals surface area contributed by atoms with Crippen molar-refractivity contribution < 1.29 is 0 Å². The zero-order valence-corrected chi connectivity index (χ0v) is 10.2. The highest BCUT2D eigenvalue weighted by molar-refractivity contribution is 4.80. The van der Waals surface area contributed by atoms with Crippen molar-refractivity contribution >= 4 is 0 Å². The van der Waals surface area contributed by atoms with Crippen molar-refractivity contribution in [3.8, 4) is 0 Å². The Bertz CT molecular complexity index is 144. The minimum absolute atomic E-state index is 0.961. The standard InChI is InChI=1S/C13H27N/c1-4-6-12-9-11(5-2)7-8-13(12)10-14-3/h11-14H,4-10H2,1-3H3. The smallest absolute Gasteiger partial charge is 0.00209 e. The van der Waals surface area contributed by atoms with Gasteiger partial charge in [-0.2, -0.15) is 0 Å². The van der Waals surface area contributed by atoms with Gasteiger partial charge in [-0.3, -0.25) is 0 Å². The van der Waals surface area contributed by atoms with Crippen molar-refractivity contribution in [1.82, 2.24) is 5.32 Å². The van der Waals surface area contributed by atoms with Gasteiger partial charge in [-0.1, -0.05) is 39.5 Å². The Balaban J connectivity index is 2.42. The van der Waals surface area contributed by atoms with Crippen LogP contribution in [0.5, 0.6) is 0 Å². The molecule has 0 spiro atoms. The van der Waals surface area contributed by atoms with Gasteiger partial charge >= 0.3 is 0 Å². The lowest BCUT2D eigenvalue weighted by atomic mass is 9.71. The van der Waals surface area contributed by atoms with Gasteiger partial charge < -0.3 is 5.32 Å². The molecule has 0 aromatic rings. The van der Waals surface area contributed by atoms with Crippen molar-refractivity contribution in [2.45, 2.75) is 52.4 Å². The Hall–Kier alpha value is -0.0400. The maximum absolute atomic E-state index is 3.36. The van der Waals surface area contributed by atoms with Crippen LogP contribution in [0, 0.1) is 17.8 Å². The van der Waals surface area contributed by atoms with E-state index >= 15 is 0 Å². The van der Waals surface area contributed by atoms with E-state index in [1.165, 1.54) is 45.1 Å². The fraction of sp³-hybridized carbons (Fsp3) is 1.00. The summed E-state index contributed by atoms with van der Waals surface area (Å²) >= 11 is 0. The Kier molecular flexibility index (Phi) is 5.54. The predicted molar refractivity (Wildman–Crippen MR) is 63.4 cm³/mol. The second-order valence-electron chi connectivity index (χ2n) is 4.95.